The van der Waals surface area contributed by atoms with E-state index in [0.29, 0.717) is 0 Å². The van der Waals surface area contributed by atoms with Gasteiger partial charge in [0.15, 0.2) is 0 Å². The van der Waals surface area contributed by atoms with Crippen molar-refractivity contribution in [2.45, 2.75) is 32.0 Å². The van der Waals surface area contributed by atoms with Gasteiger partial charge in [0.05, 0.1) is 18.1 Å². The van der Waals surface area contributed by atoms with Gasteiger partial charge in [-0.1, -0.05) is 5.92 Å². The maximum Gasteiger partial charge on any atom is 0.412 e. The molecule has 0 amide bonds. The molecule has 1 atom stereocenters. The Balaban J connectivity index is 3.17. The molecule has 0 bridgehead atoms. The van der Waals surface area contributed by atoms with E-state index in [1.807, 2.05) is 5.92 Å². The minimum atomic E-state index is -4.83. The highest BCUT2D eigenvalue weighted by atomic mass is 31.2. The number of alkyl halides is 2. The minimum absolute atomic E-state index is 0.0593. The Morgan fingerprint density at radius 1 is 1.20 bits per heavy atom. The first kappa shape index (κ1) is 21.2. The van der Waals surface area contributed by atoms with Crippen LogP contribution < -0.4 is 0 Å². The molecule has 1 aromatic carbocycles. The van der Waals surface area contributed by atoms with E-state index < -0.39 is 23.8 Å². The zero-order chi connectivity index (χ0) is 19.3. The molecule has 0 aliphatic heterocycles. The summed E-state index contributed by atoms with van der Waals surface area (Å²) >= 11 is 0. The largest absolute Gasteiger partial charge is 0.412 e. The van der Waals surface area contributed by atoms with E-state index in [4.69, 9.17) is 0 Å². The Morgan fingerprint density at radius 2 is 1.68 bits per heavy atom. The summed E-state index contributed by atoms with van der Waals surface area (Å²) in [5, 5.41) is 20.9. The standard InChI is InChI=1S/C15H18F2NO6P/c1-4-23-25(22,24-5-2)15(16,17)11-10-14(3,19)12-6-8-13(9-7-12)18(20)21/h6-9,19H,4-5H2,1-3H3. The molecule has 1 aromatic rings. The highest BCUT2D eigenvalue weighted by Gasteiger charge is 2.52. The third kappa shape index (κ3) is 5.06. The van der Waals surface area contributed by atoms with Crippen LogP contribution in [0.4, 0.5) is 14.5 Å². The molecule has 10 heteroatoms. The van der Waals surface area contributed by atoms with Gasteiger partial charge in [-0.15, -0.1) is 0 Å². The molecule has 0 fully saturated rings. The zero-order valence-electron chi connectivity index (χ0n) is 13.9. The van der Waals surface area contributed by atoms with Gasteiger partial charge in [-0.2, -0.15) is 8.78 Å². The van der Waals surface area contributed by atoms with Gasteiger partial charge in [-0.05, 0) is 44.4 Å². The summed E-state index contributed by atoms with van der Waals surface area (Å²) in [7, 11) is -4.83. The number of nitrogens with zero attached hydrogens (tertiary/aromatic N) is 1. The lowest BCUT2D eigenvalue weighted by Crippen LogP contribution is -2.22. The molecule has 7 nitrogen and oxygen atoms in total. The van der Waals surface area contributed by atoms with Crippen molar-refractivity contribution < 1.29 is 32.4 Å². The predicted octanol–water partition coefficient (Wildman–Crippen LogP) is 3.66. The van der Waals surface area contributed by atoms with Crippen LogP contribution in [-0.4, -0.2) is 28.9 Å². The van der Waals surface area contributed by atoms with Crippen LogP contribution in [0.25, 0.3) is 0 Å². The molecule has 0 saturated carbocycles. The average molecular weight is 377 g/mol. The summed E-state index contributed by atoms with van der Waals surface area (Å²) in [6.45, 7) is 3.34. The highest BCUT2D eigenvalue weighted by Crippen LogP contribution is 2.61. The van der Waals surface area contributed by atoms with Crippen molar-refractivity contribution in [2.24, 2.45) is 0 Å². The van der Waals surface area contributed by atoms with E-state index >= 15 is 0 Å². The molecule has 138 valence electrons. The number of benzene rings is 1. The Morgan fingerprint density at radius 3 is 2.08 bits per heavy atom. The second-order valence-corrected chi connectivity index (χ2v) is 7.07. The van der Waals surface area contributed by atoms with Crippen molar-refractivity contribution in [1.29, 1.82) is 0 Å². The van der Waals surface area contributed by atoms with E-state index in [2.05, 4.69) is 9.05 Å². The first-order valence-corrected chi connectivity index (χ1v) is 8.82. The lowest BCUT2D eigenvalue weighted by Gasteiger charge is -2.22. The minimum Gasteiger partial charge on any atom is -0.374 e. The monoisotopic (exact) mass is 377 g/mol. The lowest BCUT2D eigenvalue weighted by molar-refractivity contribution is -0.384. The van der Waals surface area contributed by atoms with Crippen molar-refractivity contribution in [3.63, 3.8) is 0 Å². The molecule has 25 heavy (non-hydrogen) atoms. The predicted molar refractivity (Wildman–Crippen MR) is 86.2 cm³/mol. The fraction of sp³-hybridized carbons (Fsp3) is 0.467. The Bertz CT molecular complexity index is 714. The van der Waals surface area contributed by atoms with Crippen molar-refractivity contribution in [2.75, 3.05) is 13.2 Å². The first-order valence-electron chi connectivity index (χ1n) is 7.27. The zero-order valence-corrected chi connectivity index (χ0v) is 14.8. The van der Waals surface area contributed by atoms with E-state index in [-0.39, 0.29) is 24.5 Å². The average Bonchev–Trinajstić information content (AvgIpc) is 2.53. The van der Waals surface area contributed by atoms with E-state index in [1.165, 1.54) is 31.9 Å². The Kier molecular flexibility index (Phi) is 6.80. The topological polar surface area (TPSA) is 98.9 Å². The normalized spacial score (nSPS) is 14.3. The first-order chi connectivity index (χ1) is 11.5. The number of non-ortho nitro benzene ring substituents is 1. The number of aliphatic hydroxyl groups is 1. The van der Waals surface area contributed by atoms with Crippen molar-refractivity contribution >= 4 is 13.3 Å². The van der Waals surface area contributed by atoms with Crippen LogP contribution in [0, 0.1) is 22.0 Å². The summed E-state index contributed by atoms with van der Waals surface area (Å²) in [5.41, 5.74) is -6.36. The van der Waals surface area contributed by atoms with Crippen molar-refractivity contribution in [3.8, 4) is 11.8 Å². The molecule has 0 aliphatic carbocycles. The fourth-order valence-corrected chi connectivity index (χ4v) is 3.06. The van der Waals surface area contributed by atoms with Gasteiger partial charge < -0.3 is 14.2 Å². The van der Waals surface area contributed by atoms with Crippen LogP contribution >= 0.6 is 7.60 Å². The quantitative estimate of drug-likeness (QED) is 0.337. The molecule has 0 saturated heterocycles. The summed E-state index contributed by atoms with van der Waals surface area (Å²) in [6.07, 6.45) is 0. The van der Waals surface area contributed by atoms with E-state index in [9.17, 15) is 28.6 Å². The fourth-order valence-electron chi connectivity index (χ4n) is 1.78. The Labute approximate surface area is 143 Å². The summed E-state index contributed by atoms with van der Waals surface area (Å²) in [5.74, 6) is 3.41. The third-order valence-corrected chi connectivity index (χ3v) is 5.03. The van der Waals surface area contributed by atoms with Crippen LogP contribution in [-0.2, 0) is 19.2 Å². The number of hydrogen-bond acceptors (Lipinski definition) is 6. The van der Waals surface area contributed by atoms with Gasteiger partial charge in [-0.3, -0.25) is 14.7 Å². The third-order valence-electron chi connectivity index (χ3n) is 3.04. The van der Waals surface area contributed by atoms with E-state index in [0.717, 1.165) is 19.1 Å². The summed E-state index contributed by atoms with van der Waals surface area (Å²) in [6, 6.07) is 4.59. The number of hydrogen-bond donors (Lipinski definition) is 1. The van der Waals surface area contributed by atoms with Gasteiger partial charge in [0.2, 0.25) is 0 Å². The van der Waals surface area contributed by atoms with E-state index in [1.54, 1.807) is 0 Å². The maximum atomic E-state index is 14.2. The van der Waals surface area contributed by atoms with Gasteiger partial charge in [0.1, 0.15) is 5.60 Å². The van der Waals surface area contributed by atoms with Crippen LogP contribution in [0.2, 0.25) is 0 Å². The van der Waals surface area contributed by atoms with Gasteiger partial charge in [0, 0.05) is 12.1 Å². The van der Waals surface area contributed by atoms with Crippen LogP contribution in [0.15, 0.2) is 24.3 Å². The highest BCUT2D eigenvalue weighted by molar-refractivity contribution is 7.55. The Hall–Kier alpha value is -1.85. The molecule has 1 N–H and O–H groups in total. The van der Waals surface area contributed by atoms with Crippen LogP contribution in [0.5, 0.6) is 0 Å². The summed E-state index contributed by atoms with van der Waals surface area (Å²) < 4.78 is 49.6. The smallest absolute Gasteiger partial charge is 0.374 e. The number of halogens is 2. The summed E-state index contributed by atoms with van der Waals surface area (Å²) in [4.78, 5) is 9.97. The SMILES string of the molecule is CCOP(=O)(OCC)C(F)(F)C#CC(C)(O)c1ccc([N+](=O)[O-])cc1. The number of rotatable bonds is 7. The molecular weight excluding hydrogens is 359 g/mol. The second kappa shape index (κ2) is 8.02. The molecule has 0 aliphatic rings. The number of nitro groups is 1. The van der Waals surface area contributed by atoms with Crippen LogP contribution in [0.3, 0.4) is 0 Å². The molecule has 0 spiro atoms. The molecule has 1 unspecified atom stereocenters. The lowest BCUT2D eigenvalue weighted by atomic mass is 9.96. The molecule has 1 rings (SSSR count). The van der Waals surface area contributed by atoms with Crippen molar-refractivity contribution in [1.82, 2.24) is 0 Å². The van der Waals surface area contributed by atoms with Gasteiger partial charge >= 0.3 is 13.3 Å². The molecular formula is C15H18F2NO6P. The second-order valence-electron chi connectivity index (χ2n) is 5.00. The van der Waals surface area contributed by atoms with Crippen LogP contribution in [0.1, 0.15) is 26.3 Å². The molecule has 0 aromatic heterocycles. The molecule has 0 heterocycles. The number of nitro benzene ring substituents is 1. The van der Waals surface area contributed by atoms with Gasteiger partial charge in [0.25, 0.3) is 5.69 Å². The maximum absolute atomic E-state index is 14.2. The van der Waals surface area contributed by atoms with Crippen molar-refractivity contribution in [3.05, 3.63) is 39.9 Å². The van der Waals surface area contributed by atoms with Gasteiger partial charge in [-0.25, -0.2) is 0 Å². The molecule has 0 radical (unpaired) electrons.